The quantitative estimate of drug-likeness (QED) is 0.755. The van der Waals surface area contributed by atoms with Gasteiger partial charge in [0.25, 0.3) is 5.78 Å². The van der Waals surface area contributed by atoms with Crippen LogP contribution in [0.4, 0.5) is 0 Å². The smallest absolute Gasteiger partial charge is 0.354 e. The summed E-state index contributed by atoms with van der Waals surface area (Å²) in [6, 6.07) is 5.10. The van der Waals surface area contributed by atoms with Crippen LogP contribution >= 0.6 is 0 Å². The Hall–Kier alpha value is -2.70. The summed E-state index contributed by atoms with van der Waals surface area (Å²) in [4.78, 5) is 18.9. The molecule has 0 atom stereocenters. The first kappa shape index (κ1) is 11.4. The van der Waals surface area contributed by atoms with Crippen molar-refractivity contribution in [2.45, 2.75) is 12.8 Å². The average molecular weight is 258 g/mol. The van der Waals surface area contributed by atoms with Crippen LogP contribution in [0.5, 0.6) is 0 Å². The van der Waals surface area contributed by atoms with Gasteiger partial charge in [-0.1, -0.05) is 0 Å². The molecule has 0 saturated carbocycles. The van der Waals surface area contributed by atoms with Crippen molar-refractivity contribution < 1.29 is 14.3 Å². The first-order chi connectivity index (χ1) is 9.22. The van der Waals surface area contributed by atoms with Crippen LogP contribution in [-0.4, -0.2) is 30.7 Å². The van der Waals surface area contributed by atoms with Gasteiger partial charge in [-0.3, -0.25) is 0 Å². The molecule has 3 aromatic heterocycles. The Bertz CT molecular complexity index is 718. The molecule has 0 saturated heterocycles. The molecule has 19 heavy (non-hydrogen) atoms. The second kappa shape index (κ2) is 4.52. The molecule has 0 aliphatic heterocycles. The fraction of sp³-hybridized carbons (Fsp3) is 0.167. The molecule has 0 aromatic carbocycles. The summed E-state index contributed by atoms with van der Waals surface area (Å²) >= 11 is 0. The number of aromatic carboxylic acids is 1. The van der Waals surface area contributed by atoms with Gasteiger partial charge in [-0.25, -0.2) is 14.3 Å². The van der Waals surface area contributed by atoms with Crippen LogP contribution in [0.3, 0.4) is 0 Å². The summed E-state index contributed by atoms with van der Waals surface area (Å²) in [6.45, 7) is 0. The van der Waals surface area contributed by atoms with Gasteiger partial charge in [-0.05, 0) is 18.2 Å². The van der Waals surface area contributed by atoms with Crippen LogP contribution in [0, 0.1) is 0 Å². The Morgan fingerprint density at radius 3 is 2.95 bits per heavy atom. The Labute approximate surface area is 107 Å². The number of furan rings is 1. The normalized spacial score (nSPS) is 10.9. The van der Waals surface area contributed by atoms with Gasteiger partial charge >= 0.3 is 5.97 Å². The number of hydrogen-bond donors (Lipinski definition) is 1. The van der Waals surface area contributed by atoms with Crippen molar-refractivity contribution >= 4 is 11.7 Å². The largest absolute Gasteiger partial charge is 0.477 e. The maximum Gasteiger partial charge on any atom is 0.354 e. The second-order valence-corrected chi connectivity index (χ2v) is 3.97. The lowest BCUT2D eigenvalue weighted by atomic mass is 10.2. The molecule has 0 aliphatic rings. The van der Waals surface area contributed by atoms with Gasteiger partial charge in [0.1, 0.15) is 5.76 Å². The topological polar surface area (TPSA) is 93.5 Å². The SMILES string of the molecule is O=C(O)c1ccn2nc(CCc3ccco3)nc2n1. The zero-order chi connectivity index (χ0) is 13.2. The first-order valence-electron chi connectivity index (χ1n) is 5.70. The molecule has 0 aliphatic carbocycles. The van der Waals surface area contributed by atoms with Crippen LogP contribution in [-0.2, 0) is 12.8 Å². The van der Waals surface area contributed by atoms with E-state index in [1.165, 1.54) is 16.8 Å². The standard InChI is InChI=1S/C12H10N4O3/c17-11(18)9-5-6-16-12(13-9)14-10(15-16)4-3-8-2-1-7-19-8/h1-2,5-7H,3-4H2,(H,17,18). The number of carboxylic acid groups (broad SMARTS) is 1. The minimum absolute atomic E-state index is 0.0440. The highest BCUT2D eigenvalue weighted by Crippen LogP contribution is 2.06. The van der Waals surface area contributed by atoms with Crippen molar-refractivity contribution in [3.8, 4) is 0 Å². The van der Waals surface area contributed by atoms with Crippen LogP contribution < -0.4 is 0 Å². The molecule has 0 unspecified atom stereocenters. The first-order valence-corrected chi connectivity index (χ1v) is 5.70. The Kier molecular flexibility index (Phi) is 2.71. The minimum atomic E-state index is -1.08. The summed E-state index contributed by atoms with van der Waals surface area (Å²) in [5, 5.41) is 13.1. The van der Waals surface area contributed by atoms with Gasteiger partial charge in [0, 0.05) is 19.0 Å². The summed E-state index contributed by atoms with van der Waals surface area (Å²) in [5.74, 6) is 0.668. The van der Waals surface area contributed by atoms with Crippen LogP contribution in [0.2, 0.25) is 0 Å². The molecule has 0 amide bonds. The van der Waals surface area contributed by atoms with Crippen molar-refractivity contribution in [3.63, 3.8) is 0 Å². The highest BCUT2D eigenvalue weighted by Gasteiger charge is 2.10. The highest BCUT2D eigenvalue weighted by atomic mass is 16.4. The molecule has 3 rings (SSSR count). The number of fused-ring (bicyclic) bond motifs is 1. The van der Waals surface area contributed by atoms with Crippen molar-refractivity contribution in [2.75, 3.05) is 0 Å². The number of rotatable bonds is 4. The fourth-order valence-electron chi connectivity index (χ4n) is 1.74. The highest BCUT2D eigenvalue weighted by molar-refractivity contribution is 5.85. The number of hydrogen-bond acceptors (Lipinski definition) is 5. The summed E-state index contributed by atoms with van der Waals surface area (Å²) in [6.07, 6.45) is 4.46. The van der Waals surface area contributed by atoms with E-state index in [0.717, 1.165) is 5.76 Å². The van der Waals surface area contributed by atoms with Gasteiger partial charge in [-0.2, -0.15) is 4.98 Å². The number of aromatic nitrogens is 4. The van der Waals surface area contributed by atoms with Gasteiger partial charge < -0.3 is 9.52 Å². The number of carbonyl (C=O) groups is 1. The van der Waals surface area contributed by atoms with Crippen LogP contribution in [0.1, 0.15) is 22.1 Å². The van der Waals surface area contributed by atoms with Crippen LogP contribution in [0.25, 0.3) is 5.78 Å². The average Bonchev–Trinajstić information content (AvgIpc) is 3.04. The molecule has 7 heteroatoms. The van der Waals surface area contributed by atoms with E-state index >= 15 is 0 Å². The number of nitrogens with zero attached hydrogens (tertiary/aromatic N) is 4. The molecular formula is C12H10N4O3. The van der Waals surface area contributed by atoms with Gasteiger partial charge in [0.2, 0.25) is 0 Å². The lowest BCUT2D eigenvalue weighted by Crippen LogP contribution is -2.02. The van der Waals surface area contributed by atoms with E-state index in [-0.39, 0.29) is 11.5 Å². The molecule has 0 fully saturated rings. The Morgan fingerprint density at radius 1 is 1.32 bits per heavy atom. The molecule has 7 nitrogen and oxygen atoms in total. The van der Waals surface area contributed by atoms with E-state index in [1.54, 1.807) is 6.26 Å². The van der Waals surface area contributed by atoms with Crippen molar-refractivity contribution in [1.29, 1.82) is 0 Å². The molecule has 0 radical (unpaired) electrons. The maximum atomic E-state index is 10.8. The molecule has 3 heterocycles. The summed E-state index contributed by atoms with van der Waals surface area (Å²) in [7, 11) is 0. The third-order valence-corrected chi connectivity index (χ3v) is 2.65. The van der Waals surface area contributed by atoms with E-state index in [1.807, 2.05) is 12.1 Å². The lowest BCUT2D eigenvalue weighted by Gasteiger charge is -1.92. The summed E-state index contributed by atoms with van der Waals surface area (Å²) in [5.41, 5.74) is -0.0440. The molecule has 3 aromatic rings. The van der Waals surface area contributed by atoms with Crippen molar-refractivity contribution in [3.05, 3.63) is 47.9 Å². The Balaban J connectivity index is 1.83. The second-order valence-electron chi connectivity index (χ2n) is 3.97. The zero-order valence-corrected chi connectivity index (χ0v) is 9.85. The summed E-state index contributed by atoms with van der Waals surface area (Å²) < 4.78 is 6.69. The van der Waals surface area contributed by atoms with Crippen molar-refractivity contribution in [2.24, 2.45) is 0 Å². The lowest BCUT2D eigenvalue weighted by molar-refractivity contribution is 0.0690. The van der Waals surface area contributed by atoms with Crippen molar-refractivity contribution in [1.82, 2.24) is 19.6 Å². The van der Waals surface area contributed by atoms with Gasteiger partial charge in [0.15, 0.2) is 11.5 Å². The third-order valence-electron chi connectivity index (χ3n) is 2.65. The van der Waals surface area contributed by atoms with Gasteiger partial charge in [0.05, 0.1) is 6.26 Å². The monoisotopic (exact) mass is 258 g/mol. The zero-order valence-electron chi connectivity index (χ0n) is 9.85. The van der Waals surface area contributed by atoms with E-state index in [9.17, 15) is 4.79 Å². The van der Waals surface area contributed by atoms with E-state index < -0.39 is 5.97 Å². The molecular weight excluding hydrogens is 248 g/mol. The van der Waals surface area contributed by atoms with E-state index in [0.29, 0.717) is 18.7 Å². The third kappa shape index (κ3) is 2.30. The molecule has 0 spiro atoms. The molecule has 96 valence electrons. The van der Waals surface area contributed by atoms with E-state index in [4.69, 9.17) is 9.52 Å². The number of carboxylic acids is 1. The maximum absolute atomic E-state index is 10.8. The minimum Gasteiger partial charge on any atom is -0.477 e. The van der Waals surface area contributed by atoms with E-state index in [2.05, 4.69) is 15.1 Å². The van der Waals surface area contributed by atoms with Crippen LogP contribution in [0.15, 0.2) is 35.1 Å². The predicted octanol–water partition coefficient (Wildman–Crippen LogP) is 1.20. The van der Waals surface area contributed by atoms with Gasteiger partial charge in [-0.15, -0.1) is 5.10 Å². The Morgan fingerprint density at radius 2 is 2.21 bits per heavy atom. The fourth-order valence-corrected chi connectivity index (χ4v) is 1.74. The molecule has 0 bridgehead atoms. The molecule has 1 N–H and O–H groups in total. The predicted molar refractivity (Wildman–Crippen MR) is 63.9 cm³/mol. The number of aryl methyl sites for hydroxylation is 2.